The van der Waals surface area contributed by atoms with Crippen molar-refractivity contribution in [2.24, 2.45) is 0 Å². The zero-order valence-corrected chi connectivity index (χ0v) is 10.0. The average Bonchev–Trinajstić information content (AvgIpc) is 2.70. The first kappa shape index (κ1) is 13.2. The Hall–Kier alpha value is -1.85. The van der Waals surface area contributed by atoms with E-state index < -0.39 is 5.97 Å². The van der Waals surface area contributed by atoms with Gasteiger partial charge in [0.25, 0.3) is 0 Å². The molecular formula is C11H17N3O3. The molecule has 0 aliphatic heterocycles. The number of amides is 1. The fourth-order valence-corrected chi connectivity index (χ4v) is 1.72. The minimum Gasteiger partial charge on any atom is -0.481 e. The lowest BCUT2D eigenvalue weighted by atomic mass is 10.2. The van der Waals surface area contributed by atoms with Gasteiger partial charge in [-0.2, -0.15) is 5.10 Å². The monoisotopic (exact) mass is 239 g/mol. The van der Waals surface area contributed by atoms with Crippen molar-refractivity contribution in [3.05, 3.63) is 18.5 Å². The number of aliphatic carboxylic acids is 1. The largest absolute Gasteiger partial charge is 0.481 e. The van der Waals surface area contributed by atoms with Crippen LogP contribution in [0.1, 0.15) is 20.3 Å². The molecule has 0 bridgehead atoms. The van der Waals surface area contributed by atoms with E-state index in [0.717, 1.165) is 0 Å². The van der Waals surface area contributed by atoms with Gasteiger partial charge in [0.05, 0.1) is 6.42 Å². The van der Waals surface area contributed by atoms with Crippen molar-refractivity contribution in [1.82, 2.24) is 14.7 Å². The molecule has 1 atom stereocenters. The molecule has 0 aromatic carbocycles. The molecule has 1 unspecified atom stereocenters. The predicted octanol–water partition coefficient (Wildman–Crippen LogP) is 0.595. The highest BCUT2D eigenvalue weighted by Crippen LogP contribution is 2.05. The SMILES string of the molecule is CCN(C(=O)Cn1cccn1)C(C)CC(=O)O. The highest BCUT2D eigenvalue weighted by molar-refractivity contribution is 5.77. The van der Waals surface area contributed by atoms with E-state index in [1.807, 2.05) is 6.92 Å². The Labute approximate surface area is 99.8 Å². The lowest BCUT2D eigenvalue weighted by molar-refractivity contribution is -0.140. The highest BCUT2D eigenvalue weighted by Gasteiger charge is 2.20. The maximum absolute atomic E-state index is 11.9. The van der Waals surface area contributed by atoms with Crippen LogP contribution in [0.5, 0.6) is 0 Å². The van der Waals surface area contributed by atoms with Crippen molar-refractivity contribution in [2.45, 2.75) is 32.9 Å². The first-order chi connectivity index (χ1) is 8.04. The quantitative estimate of drug-likeness (QED) is 0.788. The van der Waals surface area contributed by atoms with Gasteiger partial charge in [0.15, 0.2) is 0 Å². The van der Waals surface area contributed by atoms with Gasteiger partial charge in [-0.15, -0.1) is 0 Å². The van der Waals surface area contributed by atoms with Crippen LogP contribution in [0.4, 0.5) is 0 Å². The van der Waals surface area contributed by atoms with Crippen LogP contribution in [0.25, 0.3) is 0 Å². The van der Waals surface area contributed by atoms with E-state index in [1.165, 1.54) is 4.68 Å². The maximum Gasteiger partial charge on any atom is 0.305 e. The predicted molar refractivity (Wildman–Crippen MR) is 61.3 cm³/mol. The van der Waals surface area contributed by atoms with Crippen LogP contribution in [-0.2, 0) is 16.1 Å². The summed E-state index contributed by atoms with van der Waals surface area (Å²) in [7, 11) is 0. The van der Waals surface area contributed by atoms with Gasteiger partial charge in [0, 0.05) is 25.0 Å². The lowest BCUT2D eigenvalue weighted by Gasteiger charge is -2.27. The third-order valence-corrected chi connectivity index (χ3v) is 2.52. The fraction of sp³-hybridized carbons (Fsp3) is 0.545. The minimum absolute atomic E-state index is 0.0430. The van der Waals surface area contributed by atoms with E-state index in [-0.39, 0.29) is 24.9 Å². The summed E-state index contributed by atoms with van der Waals surface area (Å²) in [6.07, 6.45) is 3.26. The molecule has 1 aromatic rings. The number of carbonyl (C=O) groups excluding carboxylic acids is 1. The summed E-state index contributed by atoms with van der Waals surface area (Å²) >= 11 is 0. The smallest absolute Gasteiger partial charge is 0.305 e. The van der Waals surface area contributed by atoms with E-state index in [4.69, 9.17) is 5.11 Å². The molecule has 17 heavy (non-hydrogen) atoms. The van der Waals surface area contributed by atoms with Gasteiger partial charge in [0.2, 0.25) is 5.91 Å². The molecule has 6 heteroatoms. The van der Waals surface area contributed by atoms with Crippen LogP contribution in [0.3, 0.4) is 0 Å². The van der Waals surface area contributed by atoms with Crippen LogP contribution >= 0.6 is 0 Å². The van der Waals surface area contributed by atoms with Crippen molar-refractivity contribution in [1.29, 1.82) is 0 Å². The molecule has 1 rings (SSSR count). The second kappa shape index (κ2) is 6.03. The number of rotatable bonds is 6. The summed E-state index contributed by atoms with van der Waals surface area (Å²) in [5.74, 6) is -1.02. The first-order valence-corrected chi connectivity index (χ1v) is 5.53. The van der Waals surface area contributed by atoms with Gasteiger partial charge in [-0.25, -0.2) is 0 Å². The zero-order chi connectivity index (χ0) is 12.8. The number of carboxylic acid groups (broad SMARTS) is 1. The lowest BCUT2D eigenvalue weighted by Crippen LogP contribution is -2.41. The van der Waals surface area contributed by atoms with Gasteiger partial charge in [0.1, 0.15) is 6.54 Å². The molecule has 6 nitrogen and oxygen atoms in total. The Morgan fingerprint density at radius 2 is 2.24 bits per heavy atom. The molecule has 0 spiro atoms. The van der Waals surface area contributed by atoms with Crippen molar-refractivity contribution in [3.8, 4) is 0 Å². The van der Waals surface area contributed by atoms with Gasteiger partial charge in [-0.05, 0) is 19.9 Å². The summed E-state index contributed by atoms with van der Waals surface area (Å²) in [6, 6.07) is 1.44. The number of carboxylic acids is 1. The summed E-state index contributed by atoms with van der Waals surface area (Å²) in [4.78, 5) is 24.1. The van der Waals surface area contributed by atoms with Gasteiger partial charge < -0.3 is 10.0 Å². The van der Waals surface area contributed by atoms with E-state index in [0.29, 0.717) is 6.54 Å². The molecule has 0 aliphatic rings. The van der Waals surface area contributed by atoms with Gasteiger partial charge in [-0.1, -0.05) is 0 Å². The standard InChI is InChI=1S/C11H17N3O3/c1-3-14(9(2)7-11(16)17)10(15)8-13-6-4-5-12-13/h4-6,9H,3,7-8H2,1-2H3,(H,16,17). The second-order valence-electron chi connectivity index (χ2n) is 3.83. The van der Waals surface area contributed by atoms with Crippen LogP contribution in [0.15, 0.2) is 18.5 Å². The minimum atomic E-state index is -0.900. The summed E-state index contributed by atoms with van der Waals surface area (Å²) < 4.78 is 1.53. The Bertz CT molecular complexity index is 375. The van der Waals surface area contributed by atoms with E-state index >= 15 is 0 Å². The summed E-state index contributed by atoms with van der Waals surface area (Å²) in [5, 5.41) is 12.7. The molecule has 1 heterocycles. The first-order valence-electron chi connectivity index (χ1n) is 5.53. The zero-order valence-electron chi connectivity index (χ0n) is 10.0. The Balaban J connectivity index is 2.60. The maximum atomic E-state index is 11.9. The van der Waals surface area contributed by atoms with Gasteiger partial charge >= 0.3 is 5.97 Å². The molecule has 94 valence electrons. The molecule has 0 saturated heterocycles. The Morgan fingerprint density at radius 1 is 1.53 bits per heavy atom. The van der Waals surface area contributed by atoms with E-state index in [9.17, 15) is 9.59 Å². The number of nitrogens with zero attached hydrogens (tertiary/aromatic N) is 3. The summed E-state index contributed by atoms with van der Waals surface area (Å²) in [5.41, 5.74) is 0. The van der Waals surface area contributed by atoms with Crippen LogP contribution in [0, 0.1) is 0 Å². The summed E-state index contributed by atoms with van der Waals surface area (Å²) in [6.45, 7) is 4.21. The number of aromatic nitrogens is 2. The molecule has 0 fully saturated rings. The van der Waals surface area contributed by atoms with Crippen molar-refractivity contribution >= 4 is 11.9 Å². The van der Waals surface area contributed by atoms with Crippen molar-refractivity contribution < 1.29 is 14.7 Å². The molecule has 1 aromatic heterocycles. The number of likely N-dealkylation sites (N-methyl/N-ethyl adjacent to an activating group) is 1. The third-order valence-electron chi connectivity index (χ3n) is 2.52. The van der Waals surface area contributed by atoms with E-state index in [1.54, 1.807) is 30.3 Å². The van der Waals surface area contributed by atoms with Crippen LogP contribution < -0.4 is 0 Å². The van der Waals surface area contributed by atoms with Crippen molar-refractivity contribution in [3.63, 3.8) is 0 Å². The second-order valence-corrected chi connectivity index (χ2v) is 3.83. The number of carbonyl (C=O) groups is 2. The topological polar surface area (TPSA) is 75.4 Å². The van der Waals surface area contributed by atoms with Crippen LogP contribution in [0.2, 0.25) is 0 Å². The average molecular weight is 239 g/mol. The Kier molecular flexibility index (Phi) is 4.68. The molecule has 0 radical (unpaired) electrons. The molecule has 0 saturated carbocycles. The fourth-order valence-electron chi connectivity index (χ4n) is 1.72. The van der Waals surface area contributed by atoms with Crippen LogP contribution in [-0.4, -0.2) is 44.3 Å². The highest BCUT2D eigenvalue weighted by atomic mass is 16.4. The molecular weight excluding hydrogens is 222 g/mol. The molecule has 0 aliphatic carbocycles. The number of hydrogen-bond acceptors (Lipinski definition) is 3. The molecule has 1 N–H and O–H groups in total. The normalized spacial score (nSPS) is 12.1. The van der Waals surface area contributed by atoms with E-state index in [2.05, 4.69) is 5.10 Å². The third kappa shape index (κ3) is 3.90. The van der Waals surface area contributed by atoms with Crippen molar-refractivity contribution in [2.75, 3.05) is 6.54 Å². The Morgan fingerprint density at radius 3 is 2.71 bits per heavy atom. The van der Waals surface area contributed by atoms with Gasteiger partial charge in [-0.3, -0.25) is 14.3 Å². The number of hydrogen-bond donors (Lipinski definition) is 1. The molecule has 1 amide bonds.